The summed E-state index contributed by atoms with van der Waals surface area (Å²) in [6.07, 6.45) is 4.50. The predicted octanol–water partition coefficient (Wildman–Crippen LogP) is 6.03. The van der Waals surface area contributed by atoms with E-state index in [0.717, 1.165) is 19.4 Å². The monoisotopic (exact) mass is 519 g/mol. The quantitative estimate of drug-likeness (QED) is 0.128. The Kier molecular flexibility index (Phi) is 18.8. The van der Waals surface area contributed by atoms with Crippen molar-refractivity contribution in [1.82, 2.24) is 16.0 Å². The van der Waals surface area contributed by atoms with Crippen LogP contribution in [-0.2, 0) is 9.59 Å². The van der Waals surface area contributed by atoms with E-state index in [9.17, 15) is 35.9 Å². The molecule has 0 aromatic heterocycles. The molecule has 3 N–H and O–H groups in total. The fourth-order valence-corrected chi connectivity index (χ4v) is 3.76. The molecular formula is C24H43F6N3O2. The molecule has 0 heterocycles. The van der Waals surface area contributed by atoms with Crippen molar-refractivity contribution < 1.29 is 35.9 Å². The lowest BCUT2D eigenvalue weighted by molar-refractivity contribution is -0.173. The van der Waals surface area contributed by atoms with Crippen molar-refractivity contribution in [2.45, 2.75) is 109 Å². The van der Waals surface area contributed by atoms with E-state index < -0.39 is 24.2 Å². The summed E-state index contributed by atoms with van der Waals surface area (Å²) in [7, 11) is 0. The molecule has 2 amide bonds. The highest BCUT2D eigenvalue weighted by molar-refractivity contribution is 5.81. The van der Waals surface area contributed by atoms with Gasteiger partial charge >= 0.3 is 24.2 Å². The number of alkyl halides is 6. The van der Waals surface area contributed by atoms with E-state index in [1.807, 2.05) is 0 Å². The summed E-state index contributed by atoms with van der Waals surface area (Å²) in [5.74, 6) is -4.34. The first-order valence-electron chi connectivity index (χ1n) is 12.9. The molecule has 0 radical (unpaired) electrons. The molecule has 0 aromatic rings. The minimum absolute atomic E-state index is 0.170. The van der Waals surface area contributed by atoms with E-state index in [1.165, 1.54) is 57.8 Å². The predicted molar refractivity (Wildman–Crippen MR) is 125 cm³/mol. The van der Waals surface area contributed by atoms with E-state index >= 15 is 0 Å². The summed E-state index contributed by atoms with van der Waals surface area (Å²) in [6, 6.07) is 0. The van der Waals surface area contributed by atoms with Gasteiger partial charge in [0.05, 0.1) is 0 Å². The maximum Gasteiger partial charge on any atom is 0.471 e. The topological polar surface area (TPSA) is 70.2 Å². The van der Waals surface area contributed by atoms with E-state index in [2.05, 4.69) is 12.2 Å². The van der Waals surface area contributed by atoms with E-state index in [-0.39, 0.29) is 31.8 Å². The van der Waals surface area contributed by atoms with Gasteiger partial charge in [0.25, 0.3) is 0 Å². The van der Waals surface area contributed by atoms with Gasteiger partial charge in [-0.05, 0) is 44.7 Å². The zero-order chi connectivity index (χ0) is 26.6. The molecule has 35 heavy (non-hydrogen) atoms. The zero-order valence-corrected chi connectivity index (χ0v) is 20.9. The minimum Gasteiger partial charge on any atom is -0.348 e. The standard InChI is InChI=1S/C24H43F6N3O2/c1-2-3-4-5-6-7-8-9-10-11-12-16-31-17-13-20(14-18-32-21(34)23(25,26)27)15-19-33-22(35)24(28,29)30/h20,31H,2-19H2,1H3,(H,32,34)(H,33,35). The van der Waals surface area contributed by atoms with Crippen molar-refractivity contribution in [3.63, 3.8) is 0 Å². The van der Waals surface area contributed by atoms with Crippen LogP contribution in [0.2, 0.25) is 0 Å². The van der Waals surface area contributed by atoms with Gasteiger partial charge in [0, 0.05) is 13.1 Å². The highest BCUT2D eigenvalue weighted by atomic mass is 19.4. The lowest BCUT2D eigenvalue weighted by Gasteiger charge is -2.18. The Bertz CT molecular complexity index is 524. The molecule has 0 aliphatic rings. The third kappa shape index (κ3) is 20.4. The maximum absolute atomic E-state index is 12.3. The van der Waals surface area contributed by atoms with Crippen molar-refractivity contribution in [2.75, 3.05) is 26.2 Å². The molecule has 0 aliphatic carbocycles. The molecule has 0 unspecified atom stereocenters. The van der Waals surface area contributed by atoms with Crippen LogP contribution in [0.15, 0.2) is 0 Å². The molecule has 0 saturated heterocycles. The van der Waals surface area contributed by atoms with Crippen LogP contribution in [0.3, 0.4) is 0 Å². The number of carbonyl (C=O) groups is 2. The van der Waals surface area contributed by atoms with Crippen LogP contribution in [0, 0.1) is 5.92 Å². The molecule has 208 valence electrons. The Hall–Kier alpha value is -1.52. The summed E-state index contributed by atoms with van der Waals surface area (Å²) in [6.45, 7) is 3.08. The van der Waals surface area contributed by atoms with Crippen LogP contribution in [0.5, 0.6) is 0 Å². The molecule has 0 aliphatic heterocycles. The Labute approximate surface area is 205 Å². The second kappa shape index (κ2) is 19.6. The van der Waals surface area contributed by atoms with Crippen molar-refractivity contribution in [2.24, 2.45) is 5.92 Å². The van der Waals surface area contributed by atoms with Crippen LogP contribution in [0.4, 0.5) is 26.3 Å². The molecule has 0 aromatic carbocycles. The number of nitrogens with one attached hydrogen (secondary N) is 3. The van der Waals surface area contributed by atoms with Crippen molar-refractivity contribution in [3.05, 3.63) is 0 Å². The zero-order valence-electron chi connectivity index (χ0n) is 20.9. The summed E-state index contributed by atoms with van der Waals surface area (Å²) in [5.41, 5.74) is 0. The van der Waals surface area contributed by atoms with Gasteiger partial charge in [-0.1, -0.05) is 71.1 Å². The van der Waals surface area contributed by atoms with Gasteiger partial charge in [-0.3, -0.25) is 9.59 Å². The van der Waals surface area contributed by atoms with Gasteiger partial charge in [0.2, 0.25) is 0 Å². The van der Waals surface area contributed by atoms with Crippen molar-refractivity contribution in [3.8, 4) is 0 Å². The summed E-state index contributed by atoms with van der Waals surface area (Å²) in [5, 5.41) is 6.81. The number of halogens is 6. The molecule has 0 rings (SSSR count). The molecule has 11 heteroatoms. The number of hydrogen-bond acceptors (Lipinski definition) is 3. The van der Waals surface area contributed by atoms with Crippen LogP contribution in [0.25, 0.3) is 0 Å². The average molecular weight is 520 g/mol. The van der Waals surface area contributed by atoms with E-state index in [4.69, 9.17) is 0 Å². The van der Waals surface area contributed by atoms with Gasteiger partial charge < -0.3 is 16.0 Å². The normalized spacial score (nSPS) is 12.2. The van der Waals surface area contributed by atoms with Gasteiger partial charge in [-0.15, -0.1) is 0 Å². The second-order valence-corrected chi connectivity index (χ2v) is 9.02. The van der Waals surface area contributed by atoms with Crippen molar-refractivity contribution >= 4 is 11.8 Å². The second-order valence-electron chi connectivity index (χ2n) is 9.02. The Morgan fingerprint density at radius 3 is 1.34 bits per heavy atom. The Balaban J connectivity index is 4.03. The Morgan fingerprint density at radius 2 is 0.943 bits per heavy atom. The lowest BCUT2D eigenvalue weighted by Crippen LogP contribution is -2.39. The number of unbranched alkanes of at least 4 members (excludes halogenated alkanes) is 10. The number of amides is 2. The van der Waals surface area contributed by atoms with Gasteiger partial charge in [0.15, 0.2) is 0 Å². The van der Waals surface area contributed by atoms with Crippen LogP contribution < -0.4 is 16.0 Å². The summed E-state index contributed by atoms with van der Waals surface area (Å²) < 4.78 is 73.8. The third-order valence-corrected chi connectivity index (χ3v) is 5.88. The fraction of sp³-hybridized carbons (Fsp3) is 0.917. The maximum atomic E-state index is 12.3. The molecule has 0 saturated carbocycles. The first-order valence-corrected chi connectivity index (χ1v) is 12.9. The third-order valence-electron chi connectivity index (χ3n) is 5.88. The summed E-state index contributed by atoms with van der Waals surface area (Å²) >= 11 is 0. The largest absolute Gasteiger partial charge is 0.471 e. The first-order chi connectivity index (χ1) is 16.5. The molecule has 0 bridgehead atoms. The summed E-state index contributed by atoms with van der Waals surface area (Å²) in [4.78, 5) is 21.9. The molecule has 0 atom stereocenters. The number of hydrogen-bond donors (Lipinski definition) is 3. The van der Waals surface area contributed by atoms with Crippen LogP contribution >= 0.6 is 0 Å². The SMILES string of the molecule is CCCCCCCCCCCCCNCCC(CCNC(=O)C(F)(F)F)CCNC(=O)C(F)(F)F. The highest BCUT2D eigenvalue weighted by Crippen LogP contribution is 2.17. The highest BCUT2D eigenvalue weighted by Gasteiger charge is 2.39. The number of rotatable bonds is 21. The van der Waals surface area contributed by atoms with Gasteiger partial charge in [-0.2, -0.15) is 26.3 Å². The number of carbonyl (C=O) groups excluding carboxylic acids is 2. The molecule has 5 nitrogen and oxygen atoms in total. The minimum atomic E-state index is -4.98. The molecule has 0 fully saturated rings. The van der Waals surface area contributed by atoms with E-state index in [0.29, 0.717) is 13.0 Å². The van der Waals surface area contributed by atoms with Crippen LogP contribution in [0.1, 0.15) is 96.8 Å². The molecule has 0 spiro atoms. The fourth-order valence-electron chi connectivity index (χ4n) is 3.76. The van der Waals surface area contributed by atoms with Crippen LogP contribution in [-0.4, -0.2) is 50.3 Å². The molecular weight excluding hydrogens is 476 g/mol. The van der Waals surface area contributed by atoms with E-state index in [1.54, 1.807) is 10.6 Å². The Morgan fingerprint density at radius 1 is 0.571 bits per heavy atom. The first kappa shape index (κ1) is 33.5. The average Bonchev–Trinajstić information content (AvgIpc) is 2.77. The lowest BCUT2D eigenvalue weighted by atomic mass is 9.97. The smallest absolute Gasteiger partial charge is 0.348 e. The van der Waals surface area contributed by atoms with Crippen molar-refractivity contribution in [1.29, 1.82) is 0 Å². The van der Waals surface area contributed by atoms with Gasteiger partial charge in [0.1, 0.15) is 0 Å². The van der Waals surface area contributed by atoms with Gasteiger partial charge in [-0.25, -0.2) is 0 Å².